The zero-order valence-corrected chi connectivity index (χ0v) is 4.69. The van der Waals surface area contributed by atoms with Gasteiger partial charge in [0.2, 0.25) is 0 Å². The molecule has 1 nitrogen and oxygen atoms in total. The van der Waals surface area contributed by atoms with Gasteiger partial charge >= 0.3 is 0 Å². The summed E-state index contributed by atoms with van der Waals surface area (Å²) in [6.07, 6.45) is -0.0231. The van der Waals surface area contributed by atoms with Crippen molar-refractivity contribution in [1.29, 1.82) is 0 Å². The fourth-order valence-corrected chi connectivity index (χ4v) is 0.245. The SMILES string of the molecule is [CH2]OC(C)C#CC. The zero-order valence-electron chi connectivity index (χ0n) is 4.69. The molecule has 0 heterocycles. The Kier molecular flexibility index (Phi) is 3.45. The minimum atomic E-state index is -0.0231. The molecular weight excluding hydrogens is 88.1 g/mol. The normalized spacial score (nSPS) is 11.9. The first-order valence-electron chi connectivity index (χ1n) is 2.14. The molecule has 0 aliphatic carbocycles. The highest BCUT2D eigenvalue weighted by Gasteiger charge is 1.85. The van der Waals surface area contributed by atoms with Crippen molar-refractivity contribution in [2.45, 2.75) is 20.0 Å². The predicted octanol–water partition coefficient (Wildman–Crippen LogP) is 1.21. The molecule has 1 atom stereocenters. The first-order chi connectivity index (χ1) is 3.31. The van der Waals surface area contributed by atoms with Gasteiger partial charge in [-0.3, -0.25) is 0 Å². The summed E-state index contributed by atoms with van der Waals surface area (Å²) in [6.45, 7) is 3.62. The summed E-state index contributed by atoms with van der Waals surface area (Å²) in [5.41, 5.74) is 0. The molecule has 0 rings (SSSR count). The van der Waals surface area contributed by atoms with Crippen LogP contribution in [0.4, 0.5) is 0 Å². The number of hydrogen-bond acceptors (Lipinski definition) is 1. The molecule has 0 saturated heterocycles. The number of hydrogen-bond donors (Lipinski definition) is 0. The molecule has 0 bridgehead atoms. The average Bonchev–Trinajstić information content (AvgIpc) is 1.68. The van der Waals surface area contributed by atoms with Crippen LogP contribution >= 0.6 is 0 Å². The monoisotopic (exact) mass is 97.1 g/mol. The topological polar surface area (TPSA) is 9.23 Å². The van der Waals surface area contributed by atoms with E-state index in [1.54, 1.807) is 6.92 Å². The van der Waals surface area contributed by atoms with Gasteiger partial charge in [-0.2, -0.15) is 0 Å². The van der Waals surface area contributed by atoms with Crippen LogP contribution in [-0.4, -0.2) is 6.10 Å². The first kappa shape index (κ1) is 6.52. The van der Waals surface area contributed by atoms with Crippen molar-refractivity contribution in [2.24, 2.45) is 0 Å². The van der Waals surface area contributed by atoms with Crippen LogP contribution in [0.15, 0.2) is 0 Å². The van der Waals surface area contributed by atoms with Gasteiger partial charge in [-0.15, -0.1) is 5.92 Å². The van der Waals surface area contributed by atoms with Crippen LogP contribution < -0.4 is 0 Å². The lowest BCUT2D eigenvalue weighted by Crippen LogP contribution is -1.96. The number of ether oxygens (including phenoxy) is 1. The molecule has 0 saturated carbocycles. The molecule has 1 unspecified atom stereocenters. The second kappa shape index (κ2) is 3.70. The molecule has 7 heavy (non-hydrogen) atoms. The third kappa shape index (κ3) is 3.35. The summed E-state index contributed by atoms with van der Waals surface area (Å²) in [5, 5.41) is 0. The van der Waals surface area contributed by atoms with Gasteiger partial charge in [0.25, 0.3) is 0 Å². The summed E-state index contributed by atoms with van der Waals surface area (Å²) in [5.74, 6) is 5.46. The summed E-state index contributed by atoms with van der Waals surface area (Å²) < 4.78 is 4.57. The Morgan fingerprint density at radius 1 is 1.71 bits per heavy atom. The third-order valence-corrected chi connectivity index (χ3v) is 0.598. The van der Waals surface area contributed by atoms with Crippen LogP contribution in [0.25, 0.3) is 0 Å². The van der Waals surface area contributed by atoms with Crippen molar-refractivity contribution in [1.82, 2.24) is 0 Å². The lowest BCUT2D eigenvalue weighted by atomic mass is 10.4. The van der Waals surface area contributed by atoms with Crippen molar-refractivity contribution in [2.75, 3.05) is 0 Å². The van der Waals surface area contributed by atoms with Crippen molar-refractivity contribution < 1.29 is 4.74 Å². The summed E-state index contributed by atoms with van der Waals surface area (Å²) in [4.78, 5) is 0. The van der Waals surface area contributed by atoms with E-state index in [0.717, 1.165) is 0 Å². The highest BCUT2D eigenvalue weighted by atomic mass is 16.5. The smallest absolute Gasteiger partial charge is 0.115 e. The van der Waals surface area contributed by atoms with Crippen LogP contribution in [0.1, 0.15) is 13.8 Å². The van der Waals surface area contributed by atoms with Gasteiger partial charge in [0.05, 0.1) is 7.11 Å². The molecule has 0 aromatic carbocycles. The van der Waals surface area contributed by atoms with Gasteiger partial charge in [0.1, 0.15) is 6.10 Å². The Morgan fingerprint density at radius 2 is 2.29 bits per heavy atom. The molecule has 0 spiro atoms. The minimum absolute atomic E-state index is 0.0231. The maximum Gasteiger partial charge on any atom is 0.115 e. The summed E-state index contributed by atoms with van der Waals surface area (Å²) >= 11 is 0. The Balaban J connectivity index is 3.29. The lowest BCUT2D eigenvalue weighted by molar-refractivity contribution is 0.205. The molecule has 0 aliphatic heterocycles. The van der Waals surface area contributed by atoms with E-state index in [2.05, 4.69) is 23.7 Å². The maximum absolute atomic E-state index is 4.57. The molecule has 39 valence electrons. The van der Waals surface area contributed by atoms with E-state index in [0.29, 0.717) is 0 Å². The first-order valence-corrected chi connectivity index (χ1v) is 2.14. The van der Waals surface area contributed by atoms with E-state index in [1.807, 2.05) is 6.92 Å². The molecule has 0 aromatic heterocycles. The molecule has 0 fully saturated rings. The van der Waals surface area contributed by atoms with Gasteiger partial charge in [0, 0.05) is 0 Å². The maximum atomic E-state index is 4.57. The van der Waals surface area contributed by atoms with E-state index in [1.165, 1.54) is 0 Å². The fourth-order valence-electron chi connectivity index (χ4n) is 0.245. The molecule has 1 heteroatoms. The highest BCUT2D eigenvalue weighted by Crippen LogP contribution is 1.82. The lowest BCUT2D eigenvalue weighted by Gasteiger charge is -1.94. The summed E-state index contributed by atoms with van der Waals surface area (Å²) in [7, 11) is 3.20. The van der Waals surface area contributed by atoms with E-state index in [-0.39, 0.29) is 6.10 Å². The van der Waals surface area contributed by atoms with Crippen LogP contribution in [0.3, 0.4) is 0 Å². The Labute approximate surface area is 44.7 Å². The van der Waals surface area contributed by atoms with Crippen LogP contribution in [-0.2, 0) is 4.74 Å². The minimum Gasteiger partial charge on any atom is -0.363 e. The van der Waals surface area contributed by atoms with Gasteiger partial charge in [-0.1, -0.05) is 5.92 Å². The van der Waals surface area contributed by atoms with Gasteiger partial charge < -0.3 is 4.74 Å². The second-order valence-corrected chi connectivity index (χ2v) is 1.20. The van der Waals surface area contributed by atoms with Crippen molar-refractivity contribution in [3.63, 3.8) is 0 Å². The van der Waals surface area contributed by atoms with Crippen LogP contribution in [0.2, 0.25) is 0 Å². The molecule has 0 N–H and O–H groups in total. The van der Waals surface area contributed by atoms with Gasteiger partial charge in [-0.05, 0) is 13.8 Å². The molecule has 0 aliphatic rings. The van der Waals surface area contributed by atoms with E-state index in [9.17, 15) is 0 Å². The second-order valence-electron chi connectivity index (χ2n) is 1.20. The predicted molar refractivity (Wildman–Crippen MR) is 29.4 cm³/mol. The van der Waals surface area contributed by atoms with Crippen molar-refractivity contribution in [3.05, 3.63) is 7.11 Å². The Bertz CT molecular complexity index is 86.1. The van der Waals surface area contributed by atoms with Crippen molar-refractivity contribution in [3.8, 4) is 11.8 Å². The fraction of sp³-hybridized carbons (Fsp3) is 0.500. The third-order valence-electron chi connectivity index (χ3n) is 0.598. The van der Waals surface area contributed by atoms with E-state index in [4.69, 9.17) is 0 Å². The molecule has 0 aromatic rings. The van der Waals surface area contributed by atoms with Crippen LogP contribution in [0.5, 0.6) is 0 Å². The molecule has 0 amide bonds. The summed E-state index contributed by atoms with van der Waals surface area (Å²) in [6, 6.07) is 0. The quantitative estimate of drug-likeness (QED) is 0.447. The van der Waals surface area contributed by atoms with Gasteiger partial charge in [-0.25, -0.2) is 0 Å². The highest BCUT2D eigenvalue weighted by molar-refractivity contribution is 5.00. The van der Waals surface area contributed by atoms with Crippen LogP contribution in [0, 0.1) is 19.0 Å². The van der Waals surface area contributed by atoms with E-state index < -0.39 is 0 Å². The van der Waals surface area contributed by atoms with E-state index >= 15 is 0 Å². The Morgan fingerprint density at radius 3 is 2.43 bits per heavy atom. The van der Waals surface area contributed by atoms with Gasteiger partial charge in [0.15, 0.2) is 0 Å². The largest absolute Gasteiger partial charge is 0.363 e. The molecular formula is C6H9O. The molecule has 1 radical (unpaired) electrons. The Hall–Kier alpha value is -0.480. The standard InChI is InChI=1S/C6H9O/c1-4-5-6(2)7-3/h6H,3H2,1-2H3. The number of rotatable bonds is 1. The van der Waals surface area contributed by atoms with Crippen molar-refractivity contribution >= 4 is 0 Å². The average molecular weight is 97.1 g/mol. The zero-order chi connectivity index (χ0) is 5.70.